The third-order valence-corrected chi connectivity index (χ3v) is 3.68. The topological polar surface area (TPSA) is 94.3 Å². The Morgan fingerprint density at radius 2 is 2.14 bits per heavy atom. The van der Waals surface area contributed by atoms with Crippen molar-refractivity contribution in [1.29, 1.82) is 0 Å². The fourth-order valence-corrected chi connectivity index (χ4v) is 2.47. The van der Waals surface area contributed by atoms with Crippen LogP contribution in [0.25, 0.3) is 0 Å². The summed E-state index contributed by atoms with van der Waals surface area (Å²) in [5, 5.41) is 8.66. The largest absolute Gasteiger partial charge is 0.469 e. The average molecular weight is 309 g/mol. The van der Waals surface area contributed by atoms with Gasteiger partial charge in [-0.2, -0.15) is 0 Å². The number of carbonyl (C=O) groups is 2. The molecule has 7 nitrogen and oxygen atoms in total. The van der Waals surface area contributed by atoms with Crippen molar-refractivity contribution in [2.24, 2.45) is 0 Å². The lowest BCUT2D eigenvalue weighted by Crippen LogP contribution is -2.15. The monoisotopic (exact) mass is 309 g/mol. The molecular formula is C13H15N3O4S. The molecule has 0 aliphatic rings. The number of aryl methyl sites for hydroxylation is 2. The van der Waals surface area contributed by atoms with Gasteiger partial charge in [0, 0.05) is 10.9 Å². The van der Waals surface area contributed by atoms with Gasteiger partial charge in [0.1, 0.15) is 5.76 Å². The number of hydrogen-bond donors (Lipinski definition) is 1. The summed E-state index contributed by atoms with van der Waals surface area (Å²) >= 11 is 1.26. The summed E-state index contributed by atoms with van der Waals surface area (Å²) in [7, 11) is 1.32. The van der Waals surface area contributed by atoms with Crippen molar-refractivity contribution in [1.82, 2.24) is 10.1 Å². The van der Waals surface area contributed by atoms with E-state index in [0.717, 1.165) is 5.56 Å². The second-order valence-corrected chi connectivity index (χ2v) is 5.28. The quantitative estimate of drug-likeness (QED) is 0.844. The maximum Gasteiger partial charge on any atom is 0.311 e. The number of carbonyl (C=O) groups excluding carboxylic acids is 2. The summed E-state index contributed by atoms with van der Waals surface area (Å²) in [6.45, 7) is 3.55. The highest BCUT2D eigenvalue weighted by Gasteiger charge is 2.15. The second kappa shape index (κ2) is 6.49. The number of hydrogen-bond acceptors (Lipinski definition) is 7. The van der Waals surface area contributed by atoms with E-state index in [2.05, 4.69) is 20.2 Å². The van der Waals surface area contributed by atoms with Crippen molar-refractivity contribution < 1.29 is 18.8 Å². The van der Waals surface area contributed by atoms with Crippen LogP contribution in [-0.4, -0.2) is 29.1 Å². The highest BCUT2D eigenvalue weighted by atomic mass is 32.1. The summed E-state index contributed by atoms with van der Waals surface area (Å²) in [4.78, 5) is 27.3. The molecule has 0 aliphatic heterocycles. The molecule has 1 N–H and O–H groups in total. The molecule has 2 aromatic heterocycles. The summed E-state index contributed by atoms with van der Waals surface area (Å²) in [6, 6.07) is 0. The Morgan fingerprint density at radius 3 is 2.76 bits per heavy atom. The van der Waals surface area contributed by atoms with Crippen LogP contribution in [0.4, 0.5) is 5.13 Å². The molecule has 0 spiro atoms. The van der Waals surface area contributed by atoms with E-state index in [4.69, 9.17) is 4.52 Å². The first kappa shape index (κ1) is 15.2. The molecule has 2 rings (SSSR count). The van der Waals surface area contributed by atoms with Gasteiger partial charge in [-0.15, -0.1) is 11.3 Å². The molecule has 0 fully saturated rings. The Balaban J connectivity index is 1.96. The Hall–Kier alpha value is -2.22. The fourth-order valence-electron chi connectivity index (χ4n) is 1.74. The Morgan fingerprint density at radius 1 is 1.38 bits per heavy atom. The molecule has 0 unspecified atom stereocenters. The van der Waals surface area contributed by atoms with Gasteiger partial charge in [0.15, 0.2) is 5.13 Å². The van der Waals surface area contributed by atoms with Gasteiger partial charge in [0.25, 0.3) is 0 Å². The van der Waals surface area contributed by atoms with Crippen molar-refractivity contribution in [3.05, 3.63) is 28.1 Å². The minimum Gasteiger partial charge on any atom is -0.469 e. The van der Waals surface area contributed by atoms with Gasteiger partial charge in [0.2, 0.25) is 5.91 Å². The highest BCUT2D eigenvalue weighted by Crippen LogP contribution is 2.18. The normalized spacial score (nSPS) is 10.4. The number of anilines is 1. The van der Waals surface area contributed by atoms with E-state index in [1.807, 2.05) is 0 Å². The van der Waals surface area contributed by atoms with Crippen LogP contribution in [0, 0.1) is 13.8 Å². The average Bonchev–Trinajstić information content (AvgIpc) is 3.00. The lowest BCUT2D eigenvalue weighted by Gasteiger charge is -2.01. The molecule has 112 valence electrons. The molecule has 0 aromatic carbocycles. The van der Waals surface area contributed by atoms with Gasteiger partial charge in [0.05, 0.1) is 31.3 Å². The third-order valence-electron chi connectivity index (χ3n) is 2.87. The van der Waals surface area contributed by atoms with Crippen LogP contribution in [0.3, 0.4) is 0 Å². The van der Waals surface area contributed by atoms with E-state index in [1.54, 1.807) is 19.2 Å². The minimum atomic E-state index is -0.367. The highest BCUT2D eigenvalue weighted by molar-refractivity contribution is 7.13. The number of aromatic nitrogens is 2. The van der Waals surface area contributed by atoms with Crippen LogP contribution in [0.15, 0.2) is 9.90 Å². The van der Waals surface area contributed by atoms with E-state index in [9.17, 15) is 9.59 Å². The first-order valence-electron chi connectivity index (χ1n) is 6.22. The van der Waals surface area contributed by atoms with Gasteiger partial charge in [-0.3, -0.25) is 9.59 Å². The molecule has 21 heavy (non-hydrogen) atoms. The summed E-state index contributed by atoms with van der Waals surface area (Å²) in [5.41, 5.74) is 2.05. The van der Waals surface area contributed by atoms with Gasteiger partial charge in [-0.1, -0.05) is 5.16 Å². The van der Waals surface area contributed by atoms with Crippen molar-refractivity contribution in [2.75, 3.05) is 12.4 Å². The van der Waals surface area contributed by atoms with E-state index in [1.165, 1.54) is 18.4 Å². The van der Waals surface area contributed by atoms with Crippen LogP contribution < -0.4 is 5.32 Å². The SMILES string of the molecule is COC(=O)Cc1csc(NC(=O)Cc2c(C)noc2C)n1. The van der Waals surface area contributed by atoms with Gasteiger partial charge >= 0.3 is 5.97 Å². The number of esters is 1. The molecule has 0 saturated heterocycles. The zero-order valence-corrected chi connectivity index (χ0v) is 12.7. The van der Waals surface area contributed by atoms with Crippen molar-refractivity contribution in [2.45, 2.75) is 26.7 Å². The van der Waals surface area contributed by atoms with Crippen LogP contribution >= 0.6 is 11.3 Å². The Bertz CT molecular complexity index is 643. The molecule has 1 amide bonds. The van der Waals surface area contributed by atoms with Gasteiger partial charge in [-0.25, -0.2) is 4.98 Å². The second-order valence-electron chi connectivity index (χ2n) is 4.42. The number of rotatable bonds is 5. The number of thiazole rings is 1. The molecule has 2 aromatic rings. The summed E-state index contributed by atoms with van der Waals surface area (Å²) in [6.07, 6.45) is 0.264. The third kappa shape index (κ3) is 3.88. The standard InChI is InChI=1S/C13H15N3O4S/c1-7-10(8(2)20-16-7)5-11(17)15-13-14-9(6-21-13)4-12(18)19-3/h6H,4-5H2,1-3H3,(H,14,15,17). The molecule has 0 radical (unpaired) electrons. The van der Waals surface area contributed by atoms with Crippen molar-refractivity contribution >= 4 is 28.3 Å². The lowest BCUT2D eigenvalue weighted by molar-refractivity contribution is -0.139. The van der Waals surface area contributed by atoms with Crippen LogP contribution in [0.1, 0.15) is 22.7 Å². The molecule has 8 heteroatoms. The molecular weight excluding hydrogens is 294 g/mol. The number of nitrogens with zero attached hydrogens (tertiary/aromatic N) is 2. The smallest absolute Gasteiger partial charge is 0.311 e. The zero-order valence-electron chi connectivity index (χ0n) is 11.9. The van der Waals surface area contributed by atoms with E-state index < -0.39 is 0 Å². The molecule has 0 bridgehead atoms. The van der Waals surface area contributed by atoms with Crippen molar-refractivity contribution in [3.63, 3.8) is 0 Å². The van der Waals surface area contributed by atoms with Crippen molar-refractivity contribution in [3.8, 4) is 0 Å². The number of ether oxygens (including phenoxy) is 1. The van der Waals surface area contributed by atoms with E-state index >= 15 is 0 Å². The molecule has 0 atom stereocenters. The number of amides is 1. The Kier molecular flexibility index (Phi) is 4.69. The number of methoxy groups -OCH3 is 1. The molecule has 0 saturated carbocycles. The van der Waals surface area contributed by atoms with E-state index in [-0.39, 0.29) is 24.7 Å². The first-order chi connectivity index (χ1) is 9.99. The van der Waals surface area contributed by atoms with Gasteiger partial charge in [-0.05, 0) is 13.8 Å². The molecule has 0 aliphatic carbocycles. The summed E-state index contributed by atoms with van der Waals surface area (Å²) in [5.74, 6) is 0.0606. The van der Waals surface area contributed by atoms with Crippen LogP contribution in [-0.2, 0) is 27.2 Å². The Labute approximate surface area is 125 Å². The predicted molar refractivity (Wildman–Crippen MR) is 76.1 cm³/mol. The maximum absolute atomic E-state index is 12.0. The fraction of sp³-hybridized carbons (Fsp3) is 0.385. The molecule has 2 heterocycles. The van der Waals surface area contributed by atoms with E-state index in [0.29, 0.717) is 22.3 Å². The van der Waals surface area contributed by atoms with Gasteiger partial charge < -0.3 is 14.6 Å². The minimum absolute atomic E-state index is 0.0900. The summed E-state index contributed by atoms with van der Waals surface area (Å²) < 4.78 is 9.57. The predicted octanol–water partition coefficient (Wildman–Crippen LogP) is 1.64. The van der Waals surface area contributed by atoms with Crippen LogP contribution in [0.5, 0.6) is 0 Å². The maximum atomic E-state index is 12.0. The zero-order chi connectivity index (χ0) is 15.4. The first-order valence-corrected chi connectivity index (χ1v) is 7.10. The van der Waals surface area contributed by atoms with Crippen LogP contribution in [0.2, 0.25) is 0 Å². The number of nitrogens with one attached hydrogen (secondary N) is 1. The lowest BCUT2D eigenvalue weighted by atomic mass is 10.1.